The van der Waals surface area contributed by atoms with Crippen LogP contribution in [0.15, 0.2) is 76.9 Å². The second-order valence-electron chi connectivity index (χ2n) is 6.84. The number of aliphatic hydroxyl groups is 1. The van der Waals surface area contributed by atoms with E-state index in [1.165, 1.54) is 42.7 Å². The fourth-order valence-corrected chi connectivity index (χ4v) is 3.56. The second kappa shape index (κ2) is 7.86. The van der Waals surface area contributed by atoms with Gasteiger partial charge in [-0.25, -0.2) is 4.39 Å². The van der Waals surface area contributed by atoms with Gasteiger partial charge in [-0.3, -0.25) is 19.7 Å². The number of aliphatic hydroxyl groups excluding tert-OH is 1. The van der Waals surface area contributed by atoms with Gasteiger partial charge in [-0.1, -0.05) is 30.3 Å². The highest BCUT2D eigenvalue weighted by molar-refractivity contribution is 6.46. The molecule has 0 saturated carbocycles. The highest BCUT2D eigenvalue weighted by Gasteiger charge is 2.47. The minimum Gasteiger partial charge on any atom is -0.507 e. The zero-order valence-corrected chi connectivity index (χ0v) is 15.9. The van der Waals surface area contributed by atoms with Gasteiger partial charge in [0, 0.05) is 23.3 Å². The van der Waals surface area contributed by atoms with Crippen molar-refractivity contribution >= 4 is 23.1 Å². The van der Waals surface area contributed by atoms with Crippen LogP contribution in [0.25, 0.3) is 5.76 Å². The lowest BCUT2D eigenvalue weighted by Gasteiger charge is -2.24. The number of halogens is 1. The number of furan rings is 1. The Morgan fingerprint density at radius 2 is 1.90 bits per heavy atom. The molecule has 0 bridgehead atoms. The summed E-state index contributed by atoms with van der Waals surface area (Å²) in [7, 11) is 0. The third-order valence-corrected chi connectivity index (χ3v) is 4.98. The first-order valence-corrected chi connectivity index (χ1v) is 9.18. The van der Waals surface area contributed by atoms with Gasteiger partial charge in [-0.05, 0) is 18.2 Å². The Hall–Kier alpha value is -4.27. The van der Waals surface area contributed by atoms with E-state index in [9.17, 15) is 29.2 Å². The minimum atomic E-state index is -1.24. The molecule has 9 heteroatoms. The van der Waals surface area contributed by atoms with Crippen LogP contribution in [0.5, 0.6) is 0 Å². The van der Waals surface area contributed by atoms with Gasteiger partial charge in [0.1, 0.15) is 17.3 Å². The Kier molecular flexibility index (Phi) is 5.08. The first-order valence-electron chi connectivity index (χ1n) is 9.18. The quantitative estimate of drug-likeness (QED) is 0.219. The van der Waals surface area contributed by atoms with Crippen molar-refractivity contribution in [2.24, 2.45) is 0 Å². The number of likely N-dealkylation sites (tertiary alicyclic amines) is 1. The normalized spacial score (nSPS) is 17.8. The number of benzene rings is 2. The summed E-state index contributed by atoms with van der Waals surface area (Å²) in [5.41, 5.74) is -0.703. The monoisotopic (exact) mass is 422 g/mol. The van der Waals surface area contributed by atoms with Crippen LogP contribution in [0.2, 0.25) is 0 Å². The molecule has 1 saturated heterocycles. The summed E-state index contributed by atoms with van der Waals surface area (Å²) in [6, 6.07) is 12.5. The lowest BCUT2D eigenvalue weighted by atomic mass is 9.94. The van der Waals surface area contributed by atoms with Crippen molar-refractivity contribution in [1.82, 2.24) is 4.90 Å². The number of nitrogens with zero attached hydrogens (tertiary/aromatic N) is 2. The third-order valence-electron chi connectivity index (χ3n) is 4.98. The number of Topliss-reactive ketones (excluding diaryl/α,β-unsaturated/α-hetero) is 1. The molecule has 2 heterocycles. The molecule has 2 aromatic carbocycles. The van der Waals surface area contributed by atoms with Crippen molar-refractivity contribution in [1.29, 1.82) is 0 Å². The molecule has 1 atom stereocenters. The molecular formula is C22H15FN2O6. The number of ketones is 1. The number of amides is 1. The minimum absolute atomic E-state index is 0.000219. The van der Waals surface area contributed by atoms with E-state index in [-0.39, 0.29) is 28.9 Å². The predicted octanol–water partition coefficient (Wildman–Crippen LogP) is 3.95. The Balaban J connectivity index is 1.90. The molecule has 1 N–H and O–H groups in total. The molecule has 0 aliphatic carbocycles. The number of hydrogen-bond acceptors (Lipinski definition) is 6. The van der Waals surface area contributed by atoms with Crippen molar-refractivity contribution in [3.8, 4) is 0 Å². The van der Waals surface area contributed by atoms with Crippen LogP contribution in [-0.4, -0.2) is 26.6 Å². The van der Waals surface area contributed by atoms with Gasteiger partial charge in [-0.2, -0.15) is 0 Å². The van der Waals surface area contributed by atoms with E-state index < -0.39 is 34.2 Å². The third kappa shape index (κ3) is 3.57. The van der Waals surface area contributed by atoms with Crippen molar-refractivity contribution in [2.75, 3.05) is 0 Å². The van der Waals surface area contributed by atoms with Gasteiger partial charge in [0.15, 0.2) is 0 Å². The predicted molar refractivity (Wildman–Crippen MR) is 106 cm³/mol. The van der Waals surface area contributed by atoms with Crippen LogP contribution in [0.1, 0.15) is 22.9 Å². The maximum atomic E-state index is 14.7. The van der Waals surface area contributed by atoms with Gasteiger partial charge in [0.2, 0.25) is 0 Å². The second-order valence-corrected chi connectivity index (χ2v) is 6.84. The number of hydrogen-bond donors (Lipinski definition) is 1. The largest absolute Gasteiger partial charge is 0.507 e. The van der Waals surface area contributed by atoms with Crippen molar-refractivity contribution < 1.29 is 28.4 Å². The Morgan fingerprint density at radius 1 is 1.13 bits per heavy atom. The van der Waals surface area contributed by atoms with Gasteiger partial charge >= 0.3 is 0 Å². The van der Waals surface area contributed by atoms with E-state index in [4.69, 9.17) is 4.42 Å². The number of carbonyl (C=O) groups excluding carboxylic acids is 2. The molecule has 1 aromatic heterocycles. The van der Waals surface area contributed by atoms with Crippen molar-refractivity contribution in [3.05, 3.63) is 105 Å². The van der Waals surface area contributed by atoms with E-state index in [1.54, 1.807) is 18.2 Å². The molecule has 3 aromatic rings. The summed E-state index contributed by atoms with van der Waals surface area (Å²) >= 11 is 0. The molecule has 31 heavy (non-hydrogen) atoms. The van der Waals surface area contributed by atoms with Crippen LogP contribution in [0.4, 0.5) is 10.1 Å². The first kappa shape index (κ1) is 20.0. The van der Waals surface area contributed by atoms with Gasteiger partial charge in [0.25, 0.3) is 17.4 Å². The SMILES string of the molecule is O=C1C(=O)N(Cc2ccco2)C(c2ccccc2F)/C1=C(/O)c1cccc([N+](=O)[O-])c1. The molecule has 1 aliphatic heterocycles. The van der Waals surface area contributed by atoms with E-state index in [0.29, 0.717) is 5.76 Å². The van der Waals surface area contributed by atoms with Crippen LogP contribution in [0, 0.1) is 15.9 Å². The van der Waals surface area contributed by atoms with Crippen molar-refractivity contribution in [2.45, 2.75) is 12.6 Å². The summed E-state index contributed by atoms with van der Waals surface area (Å²) in [5.74, 6) is -2.92. The topological polar surface area (TPSA) is 114 Å². The highest BCUT2D eigenvalue weighted by Crippen LogP contribution is 2.41. The molecule has 8 nitrogen and oxygen atoms in total. The average molecular weight is 422 g/mol. The summed E-state index contributed by atoms with van der Waals surface area (Å²) in [5, 5.41) is 22.0. The molecular weight excluding hydrogens is 407 g/mol. The summed E-state index contributed by atoms with van der Waals surface area (Å²) in [6.07, 6.45) is 1.40. The molecule has 0 radical (unpaired) electrons. The molecule has 1 unspecified atom stereocenters. The van der Waals surface area contributed by atoms with Gasteiger partial charge in [0.05, 0.1) is 29.3 Å². The maximum Gasteiger partial charge on any atom is 0.296 e. The number of nitro benzene ring substituents is 1. The Labute approximate surface area is 175 Å². The van der Waals surface area contributed by atoms with E-state index >= 15 is 0 Å². The Morgan fingerprint density at radius 3 is 2.58 bits per heavy atom. The highest BCUT2D eigenvalue weighted by atomic mass is 19.1. The van der Waals surface area contributed by atoms with E-state index in [0.717, 1.165) is 11.0 Å². The lowest BCUT2D eigenvalue weighted by molar-refractivity contribution is -0.384. The first-order chi connectivity index (χ1) is 14.9. The van der Waals surface area contributed by atoms with Crippen LogP contribution in [0.3, 0.4) is 0 Å². The number of carbonyl (C=O) groups is 2. The number of nitro groups is 1. The maximum absolute atomic E-state index is 14.7. The standard InChI is InChI=1S/C22H15FN2O6/c23-17-9-2-1-8-16(17)19-18(20(26)13-5-3-6-14(11-13)25(29)30)21(27)22(28)24(19)12-15-7-4-10-31-15/h1-11,19,26H,12H2/b20-18-. The zero-order chi connectivity index (χ0) is 22.1. The molecule has 0 spiro atoms. The molecule has 1 amide bonds. The zero-order valence-electron chi connectivity index (χ0n) is 15.9. The van der Waals surface area contributed by atoms with Gasteiger partial charge < -0.3 is 14.4 Å². The summed E-state index contributed by atoms with van der Waals surface area (Å²) in [6.45, 7) is -0.137. The fourth-order valence-electron chi connectivity index (χ4n) is 3.56. The average Bonchev–Trinajstić information content (AvgIpc) is 3.36. The lowest BCUT2D eigenvalue weighted by Crippen LogP contribution is -2.29. The molecule has 1 aliphatic rings. The van der Waals surface area contributed by atoms with Crippen molar-refractivity contribution in [3.63, 3.8) is 0 Å². The Bertz CT molecular complexity index is 1220. The molecule has 1 fully saturated rings. The van der Waals surface area contributed by atoms with Gasteiger partial charge in [-0.15, -0.1) is 0 Å². The number of rotatable bonds is 5. The number of non-ortho nitro benzene ring substituents is 1. The van der Waals surface area contributed by atoms with Crippen LogP contribution < -0.4 is 0 Å². The summed E-state index contributed by atoms with van der Waals surface area (Å²) < 4.78 is 20.0. The van der Waals surface area contributed by atoms with E-state index in [2.05, 4.69) is 0 Å². The smallest absolute Gasteiger partial charge is 0.296 e. The van der Waals surface area contributed by atoms with Crippen LogP contribution >= 0.6 is 0 Å². The van der Waals surface area contributed by atoms with Crippen LogP contribution in [-0.2, 0) is 16.1 Å². The summed E-state index contributed by atoms with van der Waals surface area (Å²) in [4.78, 5) is 37.2. The molecule has 156 valence electrons. The fraction of sp³-hybridized carbons (Fsp3) is 0.0909. The van der Waals surface area contributed by atoms with E-state index in [1.807, 2.05) is 0 Å². The molecule has 4 rings (SSSR count).